The van der Waals surface area contributed by atoms with E-state index in [4.69, 9.17) is 0 Å². The molecule has 0 radical (unpaired) electrons. The van der Waals surface area contributed by atoms with Crippen molar-refractivity contribution in [3.05, 3.63) is 54.1 Å². The van der Waals surface area contributed by atoms with Gasteiger partial charge in [-0.25, -0.2) is 0 Å². The van der Waals surface area contributed by atoms with Crippen molar-refractivity contribution in [2.24, 2.45) is 0 Å². The summed E-state index contributed by atoms with van der Waals surface area (Å²) in [4.78, 5) is 0. The summed E-state index contributed by atoms with van der Waals surface area (Å²) in [7, 11) is 0. The van der Waals surface area contributed by atoms with Crippen LogP contribution in [0.25, 0.3) is 20.8 Å². The van der Waals surface area contributed by atoms with E-state index in [1.807, 2.05) is 11.3 Å². The highest BCUT2D eigenvalue weighted by Crippen LogP contribution is 2.56. The van der Waals surface area contributed by atoms with Crippen molar-refractivity contribution >= 4 is 21.6 Å². The highest BCUT2D eigenvalue weighted by molar-refractivity contribution is 7.21. The lowest BCUT2D eigenvalue weighted by Gasteiger charge is -2.10. The van der Waals surface area contributed by atoms with Crippen LogP contribution < -0.4 is 4.57 Å². The number of rotatable bonds is 0. The highest BCUT2D eigenvalue weighted by Gasteiger charge is 2.54. The van der Waals surface area contributed by atoms with Crippen LogP contribution in [0.15, 0.2) is 48.5 Å². The van der Waals surface area contributed by atoms with Crippen molar-refractivity contribution in [1.82, 2.24) is 0 Å². The third-order valence-electron chi connectivity index (χ3n) is 4.23. The molecule has 1 aliphatic carbocycles. The Labute approximate surface area is 109 Å². The van der Waals surface area contributed by atoms with Gasteiger partial charge in [-0.15, -0.1) is 0 Å². The van der Waals surface area contributed by atoms with Gasteiger partial charge in [0, 0.05) is 12.5 Å². The Balaban J connectivity index is 1.95. The molecule has 3 aromatic rings. The second-order valence-electron chi connectivity index (χ2n) is 5.24. The molecule has 0 amide bonds. The van der Waals surface area contributed by atoms with E-state index in [9.17, 15) is 0 Å². The molecule has 0 spiro atoms. The van der Waals surface area contributed by atoms with E-state index < -0.39 is 0 Å². The van der Waals surface area contributed by atoms with Crippen LogP contribution in [0.1, 0.15) is 23.9 Å². The zero-order chi connectivity index (χ0) is 11.7. The number of thiazole rings is 1. The number of nitrogens with zero attached hydrogens (tertiary/aromatic N) is 1. The topological polar surface area (TPSA) is 3.88 Å². The van der Waals surface area contributed by atoms with Crippen molar-refractivity contribution in [2.75, 3.05) is 0 Å². The second-order valence-corrected chi connectivity index (χ2v) is 6.27. The minimum atomic E-state index is 0.714. The van der Waals surface area contributed by atoms with Gasteiger partial charge in [-0.05, 0) is 17.7 Å². The smallest absolute Gasteiger partial charge is 0.178 e. The lowest BCUT2D eigenvalue weighted by atomic mass is 10.0. The average Bonchev–Trinajstić information content (AvgIpc) is 3.13. The van der Waals surface area contributed by atoms with Gasteiger partial charge in [-0.1, -0.05) is 41.7 Å². The van der Waals surface area contributed by atoms with Gasteiger partial charge in [0.05, 0.1) is 11.5 Å². The molecule has 0 bridgehead atoms. The first-order chi connectivity index (χ1) is 8.93. The molecule has 2 aliphatic rings. The molecule has 5 rings (SSSR count). The molecule has 86 valence electrons. The van der Waals surface area contributed by atoms with E-state index in [-0.39, 0.29) is 0 Å². The van der Waals surface area contributed by atoms with Crippen LogP contribution >= 0.6 is 11.3 Å². The zero-order valence-corrected chi connectivity index (χ0v) is 10.7. The summed E-state index contributed by atoms with van der Waals surface area (Å²) in [5.74, 6) is 0.761. The molecular weight excluding hydrogens is 238 g/mol. The SMILES string of the molecule is c1ccc2c(c1)-c1sc3ccccc3[n+]1C1CC21. The number of benzene rings is 2. The highest BCUT2D eigenvalue weighted by atomic mass is 32.1. The molecule has 1 saturated carbocycles. The Morgan fingerprint density at radius 2 is 1.83 bits per heavy atom. The quantitative estimate of drug-likeness (QED) is 0.533. The van der Waals surface area contributed by atoms with Gasteiger partial charge in [-0.2, -0.15) is 4.57 Å². The molecule has 1 nitrogen and oxygen atoms in total. The molecular formula is C16H12NS+. The Bertz CT molecular complexity index is 787. The first-order valence-corrected chi connectivity index (χ1v) is 7.27. The van der Waals surface area contributed by atoms with Crippen molar-refractivity contribution in [3.8, 4) is 10.6 Å². The maximum atomic E-state index is 2.58. The van der Waals surface area contributed by atoms with Crippen molar-refractivity contribution < 1.29 is 4.57 Å². The van der Waals surface area contributed by atoms with Crippen LogP contribution in [-0.2, 0) is 0 Å². The first kappa shape index (κ1) is 9.29. The Hall–Kier alpha value is -1.67. The molecule has 2 atom stereocenters. The lowest BCUT2D eigenvalue weighted by Crippen LogP contribution is -2.35. The maximum Gasteiger partial charge on any atom is 0.270 e. The van der Waals surface area contributed by atoms with Gasteiger partial charge >= 0.3 is 0 Å². The van der Waals surface area contributed by atoms with Crippen molar-refractivity contribution in [2.45, 2.75) is 18.4 Å². The Morgan fingerprint density at radius 3 is 2.83 bits per heavy atom. The largest absolute Gasteiger partial charge is 0.270 e. The van der Waals surface area contributed by atoms with Crippen LogP contribution in [0.4, 0.5) is 0 Å². The van der Waals surface area contributed by atoms with E-state index >= 15 is 0 Å². The second kappa shape index (κ2) is 3.01. The minimum absolute atomic E-state index is 0.714. The normalized spacial score (nSPS) is 23.3. The zero-order valence-electron chi connectivity index (χ0n) is 9.84. The van der Waals surface area contributed by atoms with Gasteiger partial charge in [0.25, 0.3) is 5.01 Å². The summed E-state index contributed by atoms with van der Waals surface area (Å²) in [6.07, 6.45) is 1.31. The molecule has 2 unspecified atom stereocenters. The summed E-state index contributed by atoms with van der Waals surface area (Å²) in [6, 6.07) is 18.4. The molecule has 18 heavy (non-hydrogen) atoms. The monoisotopic (exact) mass is 250 g/mol. The van der Waals surface area contributed by atoms with Crippen LogP contribution in [-0.4, -0.2) is 0 Å². The third kappa shape index (κ3) is 1.01. The van der Waals surface area contributed by atoms with Crippen molar-refractivity contribution in [1.29, 1.82) is 0 Å². The summed E-state index contributed by atoms with van der Waals surface area (Å²) < 4.78 is 3.99. The van der Waals surface area contributed by atoms with E-state index in [1.54, 1.807) is 5.56 Å². The standard InChI is InChI=1S/C16H12NS/c1-2-6-11-10(5-1)12-9-14(12)17-13-7-3-4-8-15(13)18-16(11)17/h1-8,12,14H,9H2/q+1. The molecule has 1 fully saturated rings. The van der Waals surface area contributed by atoms with Gasteiger partial charge in [0.15, 0.2) is 6.04 Å². The molecule has 0 saturated heterocycles. The maximum absolute atomic E-state index is 2.58. The van der Waals surface area contributed by atoms with Gasteiger partial charge < -0.3 is 0 Å². The third-order valence-corrected chi connectivity index (χ3v) is 5.40. The van der Waals surface area contributed by atoms with E-state index in [1.165, 1.54) is 27.2 Å². The van der Waals surface area contributed by atoms with Gasteiger partial charge in [0.1, 0.15) is 4.70 Å². The molecule has 2 heterocycles. The molecule has 1 aliphatic heterocycles. The van der Waals surface area contributed by atoms with Gasteiger partial charge in [-0.3, -0.25) is 0 Å². The minimum Gasteiger partial charge on any atom is -0.178 e. The average molecular weight is 250 g/mol. The van der Waals surface area contributed by atoms with Crippen LogP contribution in [0.5, 0.6) is 0 Å². The fourth-order valence-corrected chi connectivity index (χ4v) is 4.59. The predicted octanol–water partition coefficient (Wildman–Crippen LogP) is 3.90. The van der Waals surface area contributed by atoms with Crippen LogP contribution in [0, 0.1) is 0 Å². The van der Waals surface area contributed by atoms with E-state index in [0.29, 0.717) is 6.04 Å². The fraction of sp³-hybridized carbons (Fsp3) is 0.188. The number of hydrogen-bond acceptors (Lipinski definition) is 1. The predicted molar refractivity (Wildman–Crippen MR) is 73.9 cm³/mol. The molecule has 2 aromatic carbocycles. The van der Waals surface area contributed by atoms with E-state index in [0.717, 1.165) is 5.92 Å². The fourth-order valence-electron chi connectivity index (χ4n) is 3.34. The molecule has 2 heteroatoms. The summed E-state index contributed by atoms with van der Waals surface area (Å²) in [6.45, 7) is 0. The summed E-state index contributed by atoms with van der Waals surface area (Å²) in [5, 5.41) is 1.45. The van der Waals surface area contributed by atoms with Gasteiger partial charge in [0.2, 0.25) is 5.52 Å². The molecule has 0 N–H and O–H groups in total. The molecule has 1 aromatic heterocycles. The van der Waals surface area contributed by atoms with Crippen LogP contribution in [0.2, 0.25) is 0 Å². The summed E-state index contributed by atoms with van der Waals surface area (Å²) in [5.41, 5.74) is 4.44. The number of aromatic nitrogens is 1. The number of fused-ring (bicyclic) bond motifs is 8. The lowest BCUT2D eigenvalue weighted by molar-refractivity contribution is -0.663. The Kier molecular flexibility index (Phi) is 1.55. The number of hydrogen-bond donors (Lipinski definition) is 0. The number of para-hydroxylation sites is 1. The first-order valence-electron chi connectivity index (χ1n) is 6.46. The Morgan fingerprint density at radius 1 is 1.00 bits per heavy atom. The van der Waals surface area contributed by atoms with Crippen molar-refractivity contribution in [3.63, 3.8) is 0 Å². The summed E-state index contributed by atoms with van der Waals surface area (Å²) >= 11 is 1.94. The van der Waals surface area contributed by atoms with E-state index in [2.05, 4.69) is 53.1 Å². The van der Waals surface area contributed by atoms with Crippen LogP contribution in [0.3, 0.4) is 0 Å².